The van der Waals surface area contributed by atoms with Gasteiger partial charge >= 0.3 is 0 Å². The van der Waals surface area contributed by atoms with Crippen LogP contribution in [0.15, 0.2) is 34.2 Å². The van der Waals surface area contributed by atoms with Crippen LogP contribution in [0.5, 0.6) is 0 Å². The lowest BCUT2D eigenvalue weighted by molar-refractivity contribution is 0.338. The molecule has 2 fully saturated rings. The van der Waals surface area contributed by atoms with Crippen molar-refractivity contribution in [1.82, 2.24) is 14.5 Å². The van der Waals surface area contributed by atoms with E-state index in [-0.39, 0.29) is 0 Å². The molecule has 1 aromatic carbocycles. The van der Waals surface area contributed by atoms with Crippen molar-refractivity contribution in [1.29, 1.82) is 0 Å². The van der Waals surface area contributed by atoms with Gasteiger partial charge in [-0.3, -0.25) is 4.31 Å². The van der Waals surface area contributed by atoms with E-state index in [9.17, 15) is 0 Å². The molecule has 2 aliphatic heterocycles. The van der Waals surface area contributed by atoms with Crippen LogP contribution in [0.4, 0.5) is 0 Å². The summed E-state index contributed by atoms with van der Waals surface area (Å²) in [5, 5.41) is 3.44. The van der Waals surface area contributed by atoms with Gasteiger partial charge in [0, 0.05) is 31.1 Å². The number of rotatable bonds is 4. The van der Waals surface area contributed by atoms with Crippen LogP contribution in [0, 0.1) is 5.92 Å². The molecule has 4 rings (SSSR count). The van der Waals surface area contributed by atoms with Crippen LogP contribution >= 0.6 is 11.9 Å². The fraction of sp³-hybridized carbons (Fsp3) is 0.632. The molecular formula is C19H28N4S. The quantitative estimate of drug-likeness (QED) is 0.850. The highest BCUT2D eigenvalue weighted by molar-refractivity contribution is 7.97. The zero-order valence-corrected chi connectivity index (χ0v) is 15.6. The Bertz CT molecular complexity index is 588. The van der Waals surface area contributed by atoms with Gasteiger partial charge < -0.3 is 10.2 Å². The van der Waals surface area contributed by atoms with Crippen LogP contribution in [-0.2, 0) is 0 Å². The van der Waals surface area contributed by atoms with E-state index in [1.807, 2.05) is 11.9 Å². The van der Waals surface area contributed by atoms with Crippen molar-refractivity contribution in [2.45, 2.75) is 43.5 Å². The molecule has 5 heteroatoms. The predicted molar refractivity (Wildman–Crippen MR) is 101 cm³/mol. The minimum Gasteiger partial charge on any atom is -0.340 e. The standard InChI is InChI=1S/C19H28N4S/c1-14(2)15-5-7-17(8-6-15)24-23-13-18(16-3-4-16)21-19(23)22-11-9-20-10-12-22/h5-8,14,16,18,20H,3-4,9-13H2,1-2H3. The number of nitrogens with one attached hydrogen (secondary N) is 1. The number of piperazine rings is 1. The van der Waals surface area contributed by atoms with E-state index in [1.165, 1.54) is 29.3 Å². The zero-order valence-electron chi connectivity index (χ0n) is 14.7. The van der Waals surface area contributed by atoms with Crippen LogP contribution < -0.4 is 5.32 Å². The summed E-state index contributed by atoms with van der Waals surface area (Å²) in [4.78, 5) is 8.90. The summed E-state index contributed by atoms with van der Waals surface area (Å²) >= 11 is 1.86. The molecule has 1 saturated heterocycles. The smallest absolute Gasteiger partial charge is 0.207 e. The van der Waals surface area contributed by atoms with Gasteiger partial charge in [-0.25, -0.2) is 4.99 Å². The van der Waals surface area contributed by atoms with Gasteiger partial charge in [0.05, 0.1) is 12.6 Å². The molecule has 0 amide bonds. The molecule has 24 heavy (non-hydrogen) atoms. The van der Waals surface area contributed by atoms with E-state index in [2.05, 4.69) is 52.6 Å². The Morgan fingerprint density at radius 3 is 2.46 bits per heavy atom. The van der Waals surface area contributed by atoms with Crippen LogP contribution in [0.1, 0.15) is 38.2 Å². The maximum atomic E-state index is 5.12. The van der Waals surface area contributed by atoms with Crippen molar-refractivity contribution in [2.24, 2.45) is 10.9 Å². The summed E-state index contributed by atoms with van der Waals surface area (Å²) in [6.07, 6.45) is 2.73. The molecule has 1 saturated carbocycles. The van der Waals surface area contributed by atoms with Crippen LogP contribution in [0.3, 0.4) is 0 Å². The summed E-state index contributed by atoms with van der Waals surface area (Å²) in [6, 6.07) is 9.57. The first-order chi connectivity index (χ1) is 11.7. The van der Waals surface area contributed by atoms with E-state index in [0.29, 0.717) is 12.0 Å². The molecule has 3 aliphatic rings. The van der Waals surface area contributed by atoms with Gasteiger partial charge in [-0.05, 0) is 54.3 Å². The largest absolute Gasteiger partial charge is 0.340 e. The minimum absolute atomic E-state index is 0.511. The average molecular weight is 345 g/mol. The summed E-state index contributed by atoms with van der Waals surface area (Å²) < 4.78 is 2.44. The second-order valence-electron chi connectivity index (χ2n) is 7.45. The SMILES string of the molecule is CC(C)c1ccc(SN2CC(C3CC3)N=C2N2CCNCC2)cc1. The minimum atomic E-state index is 0.511. The second-order valence-corrected chi connectivity index (χ2v) is 8.54. The van der Waals surface area contributed by atoms with Crippen molar-refractivity contribution >= 4 is 17.9 Å². The second kappa shape index (κ2) is 6.96. The highest BCUT2D eigenvalue weighted by Gasteiger charge is 2.39. The van der Waals surface area contributed by atoms with Gasteiger partial charge in [0.2, 0.25) is 5.96 Å². The molecule has 4 nitrogen and oxygen atoms in total. The van der Waals surface area contributed by atoms with Crippen molar-refractivity contribution in [3.63, 3.8) is 0 Å². The number of hydrogen-bond donors (Lipinski definition) is 1. The van der Waals surface area contributed by atoms with E-state index in [0.717, 1.165) is 38.6 Å². The average Bonchev–Trinajstić information content (AvgIpc) is 3.37. The normalized spacial score (nSPS) is 24.6. The summed E-state index contributed by atoms with van der Waals surface area (Å²) in [5.74, 6) is 2.64. The monoisotopic (exact) mass is 344 g/mol. The molecule has 1 N–H and O–H groups in total. The molecule has 1 aliphatic carbocycles. The maximum Gasteiger partial charge on any atom is 0.207 e. The molecule has 0 bridgehead atoms. The first kappa shape index (κ1) is 16.3. The van der Waals surface area contributed by atoms with Crippen LogP contribution in [0.25, 0.3) is 0 Å². The van der Waals surface area contributed by atoms with Gasteiger partial charge in [0.15, 0.2) is 0 Å². The number of benzene rings is 1. The lowest BCUT2D eigenvalue weighted by atomic mass is 10.0. The van der Waals surface area contributed by atoms with Crippen molar-refractivity contribution in [2.75, 3.05) is 32.7 Å². The first-order valence-electron chi connectivity index (χ1n) is 9.29. The highest BCUT2D eigenvalue weighted by atomic mass is 32.2. The fourth-order valence-electron chi connectivity index (χ4n) is 3.46. The number of nitrogens with zero attached hydrogens (tertiary/aromatic N) is 3. The third kappa shape index (κ3) is 3.57. The Kier molecular flexibility index (Phi) is 4.72. The van der Waals surface area contributed by atoms with Gasteiger partial charge in [-0.1, -0.05) is 26.0 Å². The molecular weight excluding hydrogens is 316 g/mol. The van der Waals surface area contributed by atoms with Crippen molar-refractivity contribution in [3.8, 4) is 0 Å². The van der Waals surface area contributed by atoms with Gasteiger partial charge in [-0.15, -0.1) is 0 Å². The Hall–Kier alpha value is -1.20. The lowest BCUT2D eigenvalue weighted by Gasteiger charge is -2.33. The molecule has 0 aromatic heterocycles. The number of hydrogen-bond acceptors (Lipinski definition) is 5. The van der Waals surface area contributed by atoms with Gasteiger partial charge in [0.25, 0.3) is 0 Å². The topological polar surface area (TPSA) is 30.9 Å². The van der Waals surface area contributed by atoms with Crippen molar-refractivity contribution < 1.29 is 0 Å². The van der Waals surface area contributed by atoms with E-state index < -0.39 is 0 Å². The van der Waals surface area contributed by atoms with E-state index in [4.69, 9.17) is 4.99 Å². The Balaban J connectivity index is 1.48. The fourth-order valence-corrected chi connectivity index (χ4v) is 4.45. The maximum absolute atomic E-state index is 5.12. The molecule has 0 radical (unpaired) electrons. The molecule has 1 atom stereocenters. The molecule has 0 spiro atoms. The van der Waals surface area contributed by atoms with Gasteiger partial charge in [0.1, 0.15) is 0 Å². The number of guanidine groups is 1. The van der Waals surface area contributed by atoms with Crippen molar-refractivity contribution in [3.05, 3.63) is 29.8 Å². The Labute approximate surface area is 149 Å². The Morgan fingerprint density at radius 1 is 1.12 bits per heavy atom. The summed E-state index contributed by atoms with van der Waals surface area (Å²) in [7, 11) is 0. The zero-order chi connectivity index (χ0) is 16.5. The molecule has 1 aromatic rings. The summed E-state index contributed by atoms with van der Waals surface area (Å²) in [6.45, 7) is 9.83. The third-order valence-corrected chi connectivity index (χ3v) is 6.20. The lowest BCUT2D eigenvalue weighted by Crippen LogP contribution is -2.49. The predicted octanol–water partition coefficient (Wildman–Crippen LogP) is 3.17. The number of aliphatic imine (C=N–C) groups is 1. The highest BCUT2D eigenvalue weighted by Crippen LogP contribution is 2.39. The molecule has 130 valence electrons. The van der Waals surface area contributed by atoms with Gasteiger partial charge in [-0.2, -0.15) is 0 Å². The summed E-state index contributed by atoms with van der Waals surface area (Å²) in [5.41, 5.74) is 1.41. The van der Waals surface area contributed by atoms with Crippen LogP contribution in [0.2, 0.25) is 0 Å². The molecule has 2 heterocycles. The molecule has 1 unspecified atom stereocenters. The third-order valence-electron chi connectivity index (χ3n) is 5.19. The Morgan fingerprint density at radius 2 is 1.83 bits per heavy atom. The first-order valence-corrected chi connectivity index (χ1v) is 10.1. The van der Waals surface area contributed by atoms with E-state index in [1.54, 1.807) is 0 Å². The van der Waals surface area contributed by atoms with E-state index >= 15 is 0 Å². The van der Waals surface area contributed by atoms with Crippen LogP contribution in [-0.4, -0.2) is 53.9 Å².